The topological polar surface area (TPSA) is 170 Å². The van der Waals surface area contributed by atoms with E-state index in [-0.39, 0.29) is 27.6 Å². The van der Waals surface area contributed by atoms with E-state index >= 15 is 0 Å². The van der Waals surface area contributed by atoms with Crippen LogP contribution in [0.1, 0.15) is 21.2 Å². The lowest BCUT2D eigenvalue weighted by Gasteiger charge is -2.20. The maximum absolute atomic E-state index is 12.3. The Hall–Kier alpha value is -4.29. The second-order valence-electron chi connectivity index (χ2n) is 6.81. The van der Waals surface area contributed by atoms with Gasteiger partial charge in [0.15, 0.2) is 6.10 Å². The second kappa shape index (κ2) is 10.6. The number of aliphatic hydroxyl groups excluding tert-OH is 1. The van der Waals surface area contributed by atoms with E-state index in [9.17, 15) is 40.0 Å². The van der Waals surface area contributed by atoms with Crippen molar-refractivity contribution in [3.05, 3.63) is 104 Å². The Morgan fingerprint density at radius 1 is 0.882 bits per heavy atom. The fraction of sp³-hybridized carbons (Fsp3) is 0.0909. The van der Waals surface area contributed by atoms with Crippen molar-refractivity contribution < 1.29 is 34.4 Å². The van der Waals surface area contributed by atoms with Crippen LogP contribution in [0.15, 0.2) is 77.7 Å². The number of non-ortho nitro benzene ring substituents is 1. The summed E-state index contributed by atoms with van der Waals surface area (Å²) in [6.45, 7) is 0. The number of hydrogen-bond acceptors (Lipinski definition) is 9. The van der Waals surface area contributed by atoms with E-state index in [1.807, 2.05) is 0 Å². The molecule has 0 aromatic heterocycles. The minimum atomic E-state index is -1.88. The van der Waals surface area contributed by atoms with Gasteiger partial charge in [0.1, 0.15) is 5.75 Å². The summed E-state index contributed by atoms with van der Waals surface area (Å²) >= 11 is 0.818. The molecule has 11 nitrogen and oxygen atoms in total. The molecule has 12 heteroatoms. The number of carbonyl (C=O) groups is 2. The predicted molar refractivity (Wildman–Crippen MR) is 120 cm³/mol. The molecule has 0 aliphatic carbocycles. The molecule has 0 bridgehead atoms. The number of nitrogens with zero attached hydrogens (tertiary/aromatic N) is 2. The third-order valence-corrected chi connectivity index (χ3v) is 5.97. The summed E-state index contributed by atoms with van der Waals surface area (Å²) in [5.74, 6) is -2.17. The molecule has 2 atom stereocenters. The highest BCUT2D eigenvalue weighted by molar-refractivity contribution is 7.99. The van der Waals surface area contributed by atoms with E-state index in [0.717, 1.165) is 23.9 Å². The summed E-state index contributed by atoms with van der Waals surface area (Å²) in [7, 11) is 0. The van der Waals surface area contributed by atoms with Gasteiger partial charge in [-0.2, -0.15) is 0 Å². The van der Waals surface area contributed by atoms with Crippen molar-refractivity contribution in [1.29, 1.82) is 0 Å². The lowest BCUT2D eigenvalue weighted by atomic mass is 10.1. The van der Waals surface area contributed by atoms with Crippen LogP contribution in [0.25, 0.3) is 0 Å². The standard InChI is InChI=1S/C22H16N2O9S/c25-19(21(26)27)20(34-18-4-2-1-3-17(18)24(31)32)13-7-11-16(12-8-13)33-22(28)14-5-9-15(10-6-14)23(29)30/h1-12,19-20,25H,(H,26,27). The molecule has 0 fully saturated rings. The zero-order valence-corrected chi connectivity index (χ0v) is 18.0. The van der Waals surface area contributed by atoms with Gasteiger partial charge in [0.2, 0.25) is 0 Å². The maximum Gasteiger partial charge on any atom is 0.343 e. The molecule has 0 saturated carbocycles. The third-order valence-electron chi connectivity index (χ3n) is 4.59. The first-order chi connectivity index (χ1) is 16.2. The summed E-state index contributed by atoms with van der Waals surface area (Å²) in [6.07, 6.45) is -1.88. The summed E-state index contributed by atoms with van der Waals surface area (Å²) < 4.78 is 5.23. The molecule has 34 heavy (non-hydrogen) atoms. The van der Waals surface area contributed by atoms with Gasteiger partial charge in [-0.15, -0.1) is 11.8 Å². The molecule has 174 valence electrons. The third kappa shape index (κ3) is 5.74. The first-order valence-corrected chi connectivity index (χ1v) is 10.4. The number of ether oxygens (including phenoxy) is 1. The van der Waals surface area contributed by atoms with Crippen LogP contribution in [0, 0.1) is 20.2 Å². The molecule has 0 amide bonds. The average molecular weight is 484 g/mol. The van der Waals surface area contributed by atoms with Crippen molar-refractivity contribution in [3.8, 4) is 5.75 Å². The predicted octanol–water partition coefficient (Wildman–Crippen LogP) is 4.00. The molecule has 2 unspecified atom stereocenters. The Morgan fingerprint density at radius 2 is 1.50 bits per heavy atom. The van der Waals surface area contributed by atoms with Crippen molar-refractivity contribution in [3.63, 3.8) is 0 Å². The fourth-order valence-corrected chi connectivity index (χ4v) is 4.13. The average Bonchev–Trinajstić information content (AvgIpc) is 2.82. The van der Waals surface area contributed by atoms with Crippen LogP contribution in [0.2, 0.25) is 0 Å². The normalized spacial score (nSPS) is 12.4. The Morgan fingerprint density at radius 3 is 2.06 bits per heavy atom. The van der Waals surface area contributed by atoms with E-state index in [4.69, 9.17) is 4.74 Å². The molecule has 0 aliphatic heterocycles. The van der Waals surface area contributed by atoms with Gasteiger partial charge < -0.3 is 14.9 Å². The van der Waals surface area contributed by atoms with Gasteiger partial charge in [-0.3, -0.25) is 20.2 Å². The lowest BCUT2D eigenvalue weighted by molar-refractivity contribution is -0.387. The molecule has 2 N–H and O–H groups in total. The van der Waals surface area contributed by atoms with E-state index in [1.54, 1.807) is 6.07 Å². The van der Waals surface area contributed by atoms with Gasteiger partial charge >= 0.3 is 11.9 Å². The van der Waals surface area contributed by atoms with Crippen LogP contribution in [0.5, 0.6) is 5.75 Å². The smallest absolute Gasteiger partial charge is 0.343 e. The van der Waals surface area contributed by atoms with Crippen molar-refractivity contribution in [2.45, 2.75) is 16.2 Å². The highest BCUT2D eigenvalue weighted by Crippen LogP contribution is 2.42. The summed E-state index contributed by atoms with van der Waals surface area (Å²) in [5, 5.41) is 40.5. The Balaban J connectivity index is 1.81. The van der Waals surface area contributed by atoms with Gasteiger partial charge in [-0.05, 0) is 35.9 Å². The van der Waals surface area contributed by atoms with Gasteiger partial charge in [0.25, 0.3) is 11.4 Å². The van der Waals surface area contributed by atoms with Gasteiger partial charge in [-0.1, -0.05) is 24.3 Å². The number of para-hydroxylation sites is 1. The molecule has 0 radical (unpaired) electrons. The first kappa shape index (κ1) is 24.4. The fourth-order valence-electron chi connectivity index (χ4n) is 2.90. The second-order valence-corrected chi connectivity index (χ2v) is 7.99. The number of carbonyl (C=O) groups excluding carboxylic acids is 1. The molecule has 3 aromatic carbocycles. The molecular formula is C22H16N2O9S. The number of hydrogen-bond donors (Lipinski definition) is 2. The highest BCUT2D eigenvalue weighted by atomic mass is 32.2. The maximum atomic E-state index is 12.3. The SMILES string of the molecule is O=C(Oc1ccc(C(Sc2ccccc2[N+](=O)[O-])C(O)C(=O)O)cc1)c1ccc([N+](=O)[O-])cc1. The number of benzene rings is 3. The van der Waals surface area contributed by atoms with Crippen LogP contribution in [0.3, 0.4) is 0 Å². The molecule has 0 heterocycles. The number of aliphatic carboxylic acids is 1. The van der Waals surface area contributed by atoms with E-state index in [2.05, 4.69) is 0 Å². The van der Waals surface area contributed by atoms with Crippen LogP contribution < -0.4 is 4.74 Å². The summed E-state index contributed by atoms with van der Waals surface area (Å²) in [4.78, 5) is 44.7. The van der Waals surface area contributed by atoms with Crippen molar-refractivity contribution in [2.75, 3.05) is 0 Å². The Labute approximate surface area is 195 Å². The summed E-state index contributed by atoms with van der Waals surface area (Å²) in [6, 6.07) is 16.2. The molecule has 3 aromatic rings. The van der Waals surface area contributed by atoms with Crippen LogP contribution in [-0.2, 0) is 4.79 Å². The molecule has 0 saturated heterocycles. The minimum Gasteiger partial charge on any atom is -0.479 e. The monoisotopic (exact) mass is 484 g/mol. The van der Waals surface area contributed by atoms with Gasteiger partial charge in [0.05, 0.1) is 25.6 Å². The van der Waals surface area contributed by atoms with Crippen molar-refractivity contribution in [2.24, 2.45) is 0 Å². The van der Waals surface area contributed by atoms with Crippen molar-refractivity contribution in [1.82, 2.24) is 0 Å². The molecular weight excluding hydrogens is 468 g/mol. The summed E-state index contributed by atoms with van der Waals surface area (Å²) in [5.41, 5.74) is -0.00203. The molecule has 0 spiro atoms. The van der Waals surface area contributed by atoms with Crippen LogP contribution in [-0.4, -0.2) is 38.1 Å². The molecule has 0 aliphatic rings. The number of carboxylic acids is 1. The Bertz CT molecular complexity index is 1230. The van der Waals surface area contributed by atoms with Crippen molar-refractivity contribution >= 4 is 35.1 Å². The largest absolute Gasteiger partial charge is 0.479 e. The number of nitro groups is 2. The van der Waals surface area contributed by atoms with E-state index in [0.29, 0.717) is 5.56 Å². The number of aliphatic hydroxyl groups is 1. The number of carboxylic acid groups (broad SMARTS) is 1. The van der Waals surface area contributed by atoms with E-state index in [1.165, 1.54) is 54.6 Å². The zero-order valence-electron chi connectivity index (χ0n) is 17.1. The molecule has 3 rings (SSSR count). The number of nitro benzene ring substituents is 2. The van der Waals surface area contributed by atoms with Crippen LogP contribution in [0.4, 0.5) is 11.4 Å². The number of rotatable bonds is 9. The first-order valence-electron chi connectivity index (χ1n) is 9.55. The van der Waals surface area contributed by atoms with E-state index < -0.39 is 33.1 Å². The minimum absolute atomic E-state index is 0.0841. The highest BCUT2D eigenvalue weighted by Gasteiger charge is 2.30. The quantitative estimate of drug-likeness (QED) is 0.149. The number of thioether (sulfide) groups is 1. The number of esters is 1. The Kier molecular flexibility index (Phi) is 7.56. The van der Waals surface area contributed by atoms with Gasteiger partial charge in [-0.25, -0.2) is 9.59 Å². The van der Waals surface area contributed by atoms with Crippen LogP contribution >= 0.6 is 11.8 Å². The zero-order chi connectivity index (χ0) is 24.8. The lowest BCUT2D eigenvalue weighted by Crippen LogP contribution is -2.26. The van der Waals surface area contributed by atoms with Gasteiger partial charge in [0, 0.05) is 18.2 Å².